The number of hydrogen-bond acceptors (Lipinski definition) is 0. The Balaban J connectivity index is 1.21. The van der Waals surface area contributed by atoms with Crippen LogP contribution in [0.3, 0.4) is 0 Å². The van der Waals surface area contributed by atoms with Crippen LogP contribution in [0.4, 0.5) is 0 Å². The van der Waals surface area contributed by atoms with E-state index in [-0.39, 0.29) is 10.8 Å². The Kier molecular flexibility index (Phi) is 6.46. The lowest BCUT2D eigenvalue weighted by molar-refractivity contribution is 0.601. The van der Waals surface area contributed by atoms with E-state index in [1.807, 2.05) is 0 Å². The van der Waals surface area contributed by atoms with Crippen molar-refractivity contribution in [3.05, 3.63) is 192 Å². The van der Waals surface area contributed by atoms with Crippen LogP contribution in [0.25, 0.3) is 88.0 Å². The van der Waals surface area contributed by atoms with Gasteiger partial charge in [-0.2, -0.15) is 0 Å². The standard InChI is InChI=1S/C54H40/c1-53(2)46-29-13-11-22-37(46)45-32-44(50-43-27-12-14-30-47(43)54(3,4)52(50)51(45)53)34-19-15-20-35(31-34)48-39-23-7-9-25-41(39)49(42-26-10-8-24-40(42)48)38-28-16-18-33-17-5-6-21-36(33)38/h5-32H,1-4H3. The predicted molar refractivity (Wildman–Crippen MR) is 230 cm³/mol. The molecule has 54 heavy (non-hydrogen) atoms. The van der Waals surface area contributed by atoms with E-state index in [1.54, 1.807) is 0 Å². The zero-order chi connectivity index (χ0) is 36.3. The molecule has 0 aliphatic heterocycles. The molecule has 0 aromatic heterocycles. The SMILES string of the molecule is CC1(C)c2ccccc2-c2cc(-c3cccc(-c4c5ccccc5c(-c5cccc6ccccc56)c5ccccc45)c3)c3c(c21)C(C)(C)c1ccccc1-3. The molecule has 0 heteroatoms. The third kappa shape index (κ3) is 4.14. The van der Waals surface area contributed by atoms with E-state index in [2.05, 4.69) is 198 Å². The lowest BCUT2D eigenvalue weighted by Gasteiger charge is -2.31. The molecule has 0 fully saturated rings. The molecule has 0 nitrogen and oxygen atoms in total. The summed E-state index contributed by atoms with van der Waals surface area (Å²) < 4.78 is 0. The summed E-state index contributed by atoms with van der Waals surface area (Å²) in [4.78, 5) is 0. The van der Waals surface area contributed by atoms with Gasteiger partial charge < -0.3 is 0 Å². The summed E-state index contributed by atoms with van der Waals surface area (Å²) in [6, 6.07) is 63.7. The smallest absolute Gasteiger partial charge is 0.0162 e. The van der Waals surface area contributed by atoms with Crippen LogP contribution in [0.2, 0.25) is 0 Å². The second-order valence-electron chi connectivity index (χ2n) is 16.4. The summed E-state index contributed by atoms with van der Waals surface area (Å²) in [5.74, 6) is 0. The van der Waals surface area contributed by atoms with Gasteiger partial charge in [0.25, 0.3) is 0 Å². The van der Waals surface area contributed by atoms with Crippen molar-refractivity contribution >= 4 is 32.3 Å². The minimum Gasteiger partial charge on any atom is -0.0619 e. The van der Waals surface area contributed by atoms with E-state index in [1.165, 1.54) is 110 Å². The highest BCUT2D eigenvalue weighted by molar-refractivity contribution is 6.23. The van der Waals surface area contributed by atoms with Crippen molar-refractivity contribution in [2.24, 2.45) is 0 Å². The average molecular weight is 689 g/mol. The topological polar surface area (TPSA) is 0 Å². The van der Waals surface area contributed by atoms with Crippen molar-refractivity contribution in [1.29, 1.82) is 0 Å². The van der Waals surface area contributed by atoms with Gasteiger partial charge in [-0.25, -0.2) is 0 Å². The van der Waals surface area contributed by atoms with Gasteiger partial charge in [0.1, 0.15) is 0 Å². The van der Waals surface area contributed by atoms with Crippen LogP contribution in [-0.4, -0.2) is 0 Å². The largest absolute Gasteiger partial charge is 0.0619 e. The minimum atomic E-state index is -0.132. The second-order valence-corrected chi connectivity index (χ2v) is 16.4. The quantitative estimate of drug-likeness (QED) is 0.162. The van der Waals surface area contributed by atoms with E-state index < -0.39 is 0 Å². The molecule has 0 saturated heterocycles. The van der Waals surface area contributed by atoms with Gasteiger partial charge in [0, 0.05) is 10.8 Å². The zero-order valence-corrected chi connectivity index (χ0v) is 31.2. The van der Waals surface area contributed by atoms with E-state index in [0.29, 0.717) is 0 Å². The van der Waals surface area contributed by atoms with Gasteiger partial charge in [-0.05, 0) is 122 Å². The molecule has 0 heterocycles. The maximum atomic E-state index is 2.53. The van der Waals surface area contributed by atoms with Gasteiger partial charge in [-0.1, -0.05) is 185 Å². The van der Waals surface area contributed by atoms with Crippen molar-refractivity contribution in [3.8, 4) is 55.6 Å². The van der Waals surface area contributed by atoms with Gasteiger partial charge in [0.2, 0.25) is 0 Å². The fourth-order valence-electron chi connectivity index (χ4n) is 10.5. The van der Waals surface area contributed by atoms with E-state index in [0.717, 1.165) is 0 Å². The molecule has 2 aliphatic carbocycles. The summed E-state index contributed by atoms with van der Waals surface area (Å²) in [7, 11) is 0. The van der Waals surface area contributed by atoms with Crippen LogP contribution < -0.4 is 0 Å². The van der Waals surface area contributed by atoms with Crippen LogP contribution in [-0.2, 0) is 10.8 Å². The molecule has 0 unspecified atom stereocenters. The molecule has 0 atom stereocenters. The van der Waals surface area contributed by atoms with Crippen LogP contribution in [0.5, 0.6) is 0 Å². The lowest BCUT2D eigenvalue weighted by atomic mass is 9.71. The second kappa shape index (κ2) is 11.1. The van der Waals surface area contributed by atoms with Crippen molar-refractivity contribution in [3.63, 3.8) is 0 Å². The summed E-state index contributed by atoms with van der Waals surface area (Å²) >= 11 is 0. The molecule has 0 N–H and O–H groups in total. The normalized spacial score (nSPS) is 14.6. The van der Waals surface area contributed by atoms with E-state index in [9.17, 15) is 0 Å². The first-order valence-corrected chi connectivity index (χ1v) is 19.3. The molecular weight excluding hydrogens is 649 g/mol. The third-order valence-electron chi connectivity index (χ3n) is 12.8. The van der Waals surface area contributed by atoms with Gasteiger partial charge in [0.05, 0.1) is 0 Å². The number of hydrogen-bond donors (Lipinski definition) is 0. The molecule has 0 spiro atoms. The Morgan fingerprint density at radius 1 is 0.296 bits per heavy atom. The molecule has 2 aliphatic rings. The monoisotopic (exact) mass is 688 g/mol. The highest BCUT2D eigenvalue weighted by Gasteiger charge is 2.46. The Morgan fingerprint density at radius 2 is 0.778 bits per heavy atom. The first-order chi connectivity index (χ1) is 26.3. The molecule has 9 aromatic rings. The highest BCUT2D eigenvalue weighted by atomic mass is 14.5. The maximum Gasteiger partial charge on any atom is 0.0162 e. The number of rotatable bonds is 3. The molecule has 0 saturated carbocycles. The predicted octanol–water partition coefficient (Wildman–Crippen LogP) is 14.8. The summed E-state index contributed by atoms with van der Waals surface area (Å²) in [5, 5.41) is 7.65. The van der Waals surface area contributed by atoms with Gasteiger partial charge >= 0.3 is 0 Å². The van der Waals surface area contributed by atoms with Crippen molar-refractivity contribution in [2.45, 2.75) is 38.5 Å². The molecule has 256 valence electrons. The first kappa shape index (κ1) is 31.3. The fourth-order valence-corrected chi connectivity index (χ4v) is 10.5. The van der Waals surface area contributed by atoms with Gasteiger partial charge in [0.15, 0.2) is 0 Å². The van der Waals surface area contributed by atoms with Crippen LogP contribution >= 0.6 is 0 Å². The van der Waals surface area contributed by atoms with Crippen LogP contribution in [0, 0.1) is 0 Å². The zero-order valence-electron chi connectivity index (χ0n) is 31.2. The fraction of sp³-hybridized carbons (Fsp3) is 0.111. The summed E-state index contributed by atoms with van der Waals surface area (Å²) in [6.07, 6.45) is 0. The van der Waals surface area contributed by atoms with E-state index >= 15 is 0 Å². The van der Waals surface area contributed by atoms with Crippen LogP contribution in [0.15, 0.2) is 170 Å². The number of benzene rings is 9. The minimum absolute atomic E-state index is 0.0979. The van der Waals surface area contributed by atoms with Crippen molar-refractivity contribution < 1.29 is 0 Å². The van der Waals surface area contributed by atoms with E-state index in [4.69, 9.17) is 0 Å². The molecule has 0 radical (unpaired) electrons. The lowest BCUT2D eigenvalue weighted by Crippen LogP contribution is -2.24. The average Bonchev–Trinajstić information content (AvgIpc) is 3.59. The maximum absolute atomic E-state index is 2.53. The third-order valence-corrected chi connectivity index (χ3v) is 12.8. The van der Waals surface area contributed by atoms with Crippen molar-refractivity contribution in [1.82, 2.24) is 0 Å². The summed E-state index contributed by atoms with van der Waals surface area (Å²) in [5.41, 5.74) is 18.8. The Bertz CT molecular complexity index is 2980. The molecule has 0 bridgehead atoms. The van der Waals surface area contributed by atoms with Crippen LogP contribution in [0.1, 0.15) is 49.9 Å². The Labute approximate surface area is 317 Å². The Hall–Kier alpha value is -6.24. The molecule has 9 aromatic carbocycles. The van der Waals surface area contributed by atoms with Crippen molar-refractivity contribution in [2.75, 3.05) is 0 Å². The summed E-state index contributed by atoms with van der Waals surface area (Å²) in [6.45, 7) is 9.73. The molecule has 0 amide bonds. The molecule has 11 rings (SSSR count). The molecular formula is C54H40. The van der Waals surface area contributed by atoms with Gasteiger partial charge in [-0.15, -0.1) is 0 Å². The highest BCUT2D eigenvalue weighted by Crippen LogP contribution is 2.61. The van der Waals surface area contributed by atoms with Gasteiger partial charge in [-0.3, -0.25) is 0 Å². The Morgan fingerprint density at radius 3 is 1.48 bits per heavy atom. The first-order valence-electron chi connectivity index (χ1n) is 19.3. The number of fused-ring (bicyclic) bond motifs is 10.